The predicted octanol–water partition coefficient (Wildman–Crippen LogP) is 2.41. The number of amides is 2. The molecule has 0 bridgehead atoms. The van der Waals surface area contributed by atoms with E-state index in [1.807, 2.05) is 13.8 Å². The first-order chi connectivity index (χ1) is 10.9. The average molecular weight is 322 g/mol. The molecule has 126 valence electrons. The Morgan fingerprint density at radius 1 is 1.35 bits per heavy atom. The van der Waals surface area contributed by atoms with Gasteiger partial charge in [-0.1, -0.05) is 13.8 Å². The van der Waals surface area contributed by atoms with Crippen LogP contribution in [-0.4, -0.2) is 41.0 Å². The summed E-state index contributed by atoms with van der Waals surface area (Å²) in [5, 5.41) is 12.0. The van der Waals surface area contributed by atoms with E-state index in [0.717, 1.165) is 6.07 Å². The van der Waals surface area contributed by atoms with Crippen LogP contribution in [0.15, 0.2) is 18.2 Å². The number of aliphatic hydroxyl groups excluding tert-OH is 1. The number of hydrogen-bond donors (Lipinski definition) is 2. The fourth-order valence-corrected chi connectivity index (χ4v) is 2.57. The number of carbonyl (C=O) groups excluding carboxylic acids is 2. The quantitative estimate of drug-likeness (QED) is 0.894. The molecule has 1 aromatic rings. The molecule has 1 aromatic carbocycles. The Bertz CT molecular complexity index is 581. The molecule has 0 aliphatic carbocycles. The Labute approximate surface area is 135 Å². The van der Waals surface area contributed by atoms with E-state index in [1.165, 1.54) is 12.1 Å². The van der Waals surface area contributed by atoms with Crippen molar-refractivity contribution in [3.63, 3.8) is 0 Å². The van der Waals surface area contributed by atoms with E-state index in [2.05, 4.69) is 5.32 Å². The lowest BCUT2D eigenvalue weighted by molar-refractivity contribution is -0.116. The minimum Gasteiger partial charge on any atom is -0.393 e. The van der Waals surface area contributed by atoms with Gasteiger partial charge in [-0.3, -0.25) is 9.59 Å². The number of rotatable bonds is 4. The van der Waals surface area contributed by atoms with E-state index in [0.29, 0.717) is 32.4 Å². The molecule has 1 heterocycles. The van der Waals surface area contributed by atoms with Crippen LogP contribution >= 0.6 is 0 Å². The van der Waals surface area contributed by atoms with Crippen LogP contribution in [0.1, 0.15) is 43.5 Å². The Morgan fingerprint density at radius 3 is 2.57 bits per heavy atom. The first kappa shape index (κ1) is 17.4. The second kappa shape index (κ2) is 7.55. The smallest absolute Gasteiger partial charge is 0.253 e. The van der Waals surface area contributed by atoms with Gasteiger partial charge in [0.1, 0.15) is 5.82 Å². The van der Waals surface area contributed by atoms with E-state index >= 15 is 0 Å². The number of anilines is 1. The molecular formula is C17H23FN2O3. The molecule has 23 heavy (non-hydrogen) atoms. The van der Waals surface area contributed by atoms with Crippen LogP contribution in [0, 0.1) is 11.7 Å². The van der Waals surface area contributed by atoms with Crippen LogP contribution in [0.3, 0.4) is 0 Å². The van der Waals surface area contributed by atoms with Gasteiger partial charge in [0.25, 0.3) is 5.91 Å². The van der Waals surface area contributed by atoms with Crippen LogP contribution < -0.4 is 5.32 Å². The minimum absolute atomic E-state index is 0.0845. The summed E-state index contributed by atoms with van der Waals surface area (Å²) in [5.74, 6) is -0.933. The zero-order valence-corrected chi connectivity index (χ0v) is 13.5. The third-order valence-corrected chi connectivity index (χ3v) is 3.84. The summed E-state index contributed by atoms with van der Waals surface area (Å²) in [4.78, 5) is 25.6. The van der Waals surface area contributed by atoms with Gasteiger partial charge in [0.05, 0.1) is 11.8 Å². The number of likely N-dealkylation sites (tertiary alicyclic amines) is 1. The number of aliphatic hydroxyl groups is 1. The first-order valence-electron chi connectivity index (χ1n) is 7.93. The molecule has 1 saturated heterocycles. The second-order valence-corrected chi connectivity index (χ2v) is 6.36. The van der Waals surface area contributed by atoms with Crippen molar-refractivity contribution in [1.29, 1.82) is 0 Å². The van der Waals surface area contributed by atoms with Gasteiger partial charge in [0.2, 0.25) is 5.91 Å². The van der Waals surface area contributed by atoms with Gasteiger partial charge < -0.3 is 15.3 Å². The van der Waals surface area contributed by atoms with Crippen molar-refractivity contribution in [2.24, 2.45) is 5.92 Å². The molecule has 2 amide bonds. The Morgan fingerprint density at radius 2 is 2.00 bits per heavy atom. The monoisotopic (exact) mass is 322 g/mol. The Balaban J connectivity index is 2.03. The van der Waals surface area contributed by atoms with Gasteiger partial charge in [0.15, 0.2) is 0 Å². The highest BCUT2D eigenvalue weighted by Gasteiger charge is 2.23. The average Bonchev–Trinajstić information content (AvgIpc) is 2.48. The highest BCUT2D eigenvalue weighted by atomic mass is 19.1. The number of halogens is 1. The van der Waals surface area contributed by atoms with E-state index in [1.54, 1.807) is 4.90 Å². The molecule has 0 atom stereocenters. The molecule has 0 unspecified atom stereocenters. The molecule has 0 aromatic heterocycles. The first-order valence-corrected chi connectivity index (χ1v) is 7.93. The van der Waals surface area contributed by atoms with E-state index < -0.39 is 5.82 Å². The molecule has 2 N–H and O–H groups in total. The summed E-state index contributed by atoms with van der Waals surface area (Å²) in [5.41, 5.74) is 0.335. The molecule has 5 nitrogen and oxygen atoms in total. The lowest BCUT2D eigenvalue weighted by atomic mass is 10.1. The van der Waals surface area contributed by atoms with Crippen LogP contribution in [0.25, 0.3) is 0 Å². The summed E-state index contributed by atoms with van der Waals surface area (Å²) < 4.78 is 14.1. The lowest BCUT2D eigenvalue weighted by Gasteiger charge is -2.29. The van der Waals surface area contributed by atoms with Crippen molar-refractivity contribution < 1.29 is 19.1 Å². The summed E-state index contributed by atoms with van der Waals surface area (Å²) in [6.07, 6.45) is 1.03. The van der Waals surface area contributed by atoms with Gasteiger partial charge in [0, 0.05) is 25.1 Å². The summed E-state index contributed by atoms with van der Waals surface area (Å²) >= 11 is 0. The predicted molar refractivity (Wildman–Crippen MR) is 85.6 cm³/mol. The molecule has 0 radical (unpaired) electrons. The lowest BCUT2D eigenvalue weighted by Crippen LogP contribution is -2.40. The molecular weight excluding hydrogens is 299 g/mol. The fourth-order valence-electron chi connectivity index (χ4n) is 2.57. The van der Waals surface area contributed by atoms with Crippen molar-refractivity contribution in [1.82, 2.24) is 4.90 Å². The second-order valence-electron chi connectivity index (χ2n) is 6.36. The highest BCUT2D eigenvalue weighted by Crippen LogP contribution is 2.19. The number of nitrogens with zero attached hydrogens (tertiary/aromatic N) is 1. The van der Waals surface area contributed by atoms with Gasteiger partial charge in [-0.25, -0.2) is 4.39 Å². The molecule has 0 saturated carbocycles. The number of hydrogen-bond acceptors (Lipinski definition) is 3. The fraction of sp³-hybridized carbons (Fsp3) is 0.529. The summed E-state index contributed by atoms with van der Waals surface area (Å²) in [6.45, 7) is 4.75. The van der Waals surface area contributed by atoms with Crippen molar-refractivity contribution in [2.75, 3.05) is 18.4 Å². The molecule has 6 heteroatoms. The van der Waals surface area contributed by atoms with Gasteiger partial charge in [-0.2, -0.15) is 0 Å². The maximum Gasteiger partial charge on any atom is 0.253 e. The normalized spacial score (nSPS) is 15.8. The van der Waals surface area contributed by atoms with Crippen molar-refractivity contribution in [3.8, 4) is 0 Å². The third kappa shape index (κ3) is 4.76. The molecule has 1 aliphatic rings. The van der Waals surface area contributed by atoms with Crippen molar-refractivity contribution in [2.45, 2.75) is 39.2 Å². The maximum absolute atomic E-state index is 14.1. The van der Waals surface area contributed by atoms with E-state index in [9.17, 15) is 19.1 Å². The largest absolute Gasteiger partial charge is 0.393 e. The zero-order valence-electron chi connectivity index (χ0n) is 13.5. The number of carbonyl (C=O) groups is 2. The molecule has 0 spiro atoms. The summed E-state index contributed by atoms with van der Waals surface area (Å²) in [6, 6.07) is 4.08. The minimum atomic E-state index is -0.620. The topological polar surface area (TPSA) is 69.6 Å². The van der Waals surface area contributed by atoms with Gasteiger partial charge in [-0.05, 0) is 37.0 Å². The van der Waals surface area contributed by atoms with Crippen molar-refractivity contribution >= 4 is 17.5 Å². The van der Waals surface area contributed by atoms with Gasteiger partial charge in [-0.15, -0.1) is 0 Å². The Kier molecular flexibility index (Phi) is 5.71. The van der Waals surface area contributed by atoms with Gasteiger partial charge >= 0.3 is 0 Å². The summed E-state index contributed by atoms with van der Waals surface area (Å²) in [7, 11) is 0. The van der Waals surface area contributed by atoms with Crippen LogP contribution in [0.2, 0.25) is 0 Å². The van der Waals surface area contributed by atoms with Crippen molar-refractivity contribution in [3.05, 3.63) is 29.6 Å². The SMILES string of the molecule is CC(C)CC(=O)Nc1ccc(C(=O)N2CCC(O)CC2)cc1F. The Hall–Kier alpha value is -1.95. The maximum atomic E-state index is 14.1. The van der Waals surface area contributed by atoms with E-state index in [4.69, 9.17) is 0 Å². The standard InChI is InChI=1S/C17H23FN2O3/c1-11(2)9-16(22)19-15-4-3-12(10-14(15)18)17(23)20-7-5-13(21)6-8-20/h3-4,10-11,13,21H,5-9H2,1-2H3,(H,19,22). The van der Waals surface area contributed by atoms with Crippen LogP contribution in [0.4, 0.5) is 10.1 Å². The van der Waals surface area contributed by atoms with E-state index in [-0.39, 0.29) is 35.1 Å². The molecule has 1 fully saturated rings. The number of piperidine rings is 1. The molecule has 1 aliphatic heterocycles. The highest BCUT2D eigenvalue weighted by molar-refractivity contribution is 5.96. The van der Waals surface area contributed by atoms with Crippen LogP contribution in [-0.2, 0) is 4.79 Å². The number of nitrogens with one attached hydrogen (secondary N) is 1. The third-order valence-electron chi connectivity index (χ3n) is 3.84. The van der Waals surface area contributed by atoms with Crippen LogP contribution in [0.5, 0.6) is 0 Å². The number of benzene rings is 1. The zero-order chi connectivity index (χ0) is 17.0. The molecule has 2 rings (SSSR count).